The number of pyridine rings is 1. The molecule has 5 nitrogen and oxygen atoms in total. The molecule has 0 spiro atoms. The summed E-state index contributed by atoms with van der Waals surface area (Å²) in [6, 6.07) is 5.95. The normalized spacial score (nSPS) is 22.9. The number of carbonyl (C=O) groups is 1. The Morgan fingerprint density at radius 3 is 2.95 bits per heavy atom. The van der Waals surface area contributed by atoms with Gasteiger partial charge in [-0.15, -0.1) is 0 Å². The molecule has 0 radical (unpaired) electrons. The van der Waals surface area contributed by atoms with Gasteiger partial charge < -0.3 is 4.74 Å². The number of hydrogen-bond acceptors (Lipinski definition) is 4. The van der Waals surface area contributed by atoms with Crippen LogP contribution in [0.2, 0.25) is 0 Å². The largest absolute Gasteiger partial charge is 0.497 e. The molecule has 2 aromatic rings. The minimum Gasteiger partial charge on any atom is -0.497 e. The van der Waals surface area contributed by atoms with Crippen LogP contribution in [0.25, 0.3) is 10.9 Å². The monoisotopic (exact) mass is 295 g/mol. The van der Waals surface area contributed by atoms with E-state index in [2.05, 4.69) is 10.5 Å². The second kappa shape index (κ2) is 4.29. The molecule has 5 heteroatoms. The van der Waals surface area contributed by atoms with Crippen molar-refractivity contribution in [2.45, 2.75) is 26.7 Å². The number of nitrogens with zero attached hydrogens (tertiary/aromatic N) is 2. The van der Waals surface area contributed by atoms with E-state index in [1.165, 1.54) is 5.56 Å². The van der Waals surface area contributed by atoms with Crippen LogP contribution in [0.4, 0.5) is 0 Å². The maximum atomic E-state index is 12.1. The number of rotatable bonds is 1. The molecule has 22 heavy (non-hydrogen) atoms. The molecule has 112 valence electrons. The van der Waals surface area contributed by atoms with Gasteiger partial charge >= 0.3 is 0 Å². The van der Waals surface area contributed by atoms with Gasteiger partial charge in [0.15, 0.2) is 0 Å². The second-order valence-electron chi connectivity index (χ2n) is 6.17. The van der Waals surface area contributed by atoms with Gasteiger partial charge in [-0.25, -0.2) is 5.43 Å². The van der Waals surface area contributed by atoms with Crippen LogP contribution in [0.1, 0.15) is 30.2 Å². The molecular formula is C17H17N3O2. The summed E-state index contributed by atoms with van der Waals surface area (Å²) in [5, 5.41) is 5.42. The van der Waals surface area contributed by atoms with Crippen molar-refractivity contribution >= 4 is 22.5 Å². The highest BCUT2D eigenvalue weighted by Gasteiger charge is 2.47. The summed E-state index contributed by atoms with van der Waals surface area (Å²) in [6.45, 7) is 3.95. The second-order valence-corrected chi connectivity index (χ2v) is 6.17. The Morgan fingerprint density at radius 2 is 2.18 bits per heavy atom. The number of carbonyl (C=O) groups excluding carboxylic acids is 1. The number of ether oxygens (including phenoxy) is 1. The van der Waals surface area contributed by atoms with E-state index in [0.717, 1.165) is 46.5 Å². The van der Waals surface area contributed by atoms with Crippen molar-refractivity contribution in [2.24, 2.45) is 10.5 Å². The van der Waals surface area contributed by atoms with E-state index in [4.69, 9.17) is 9.72 Å². The van der Waals surface area contributed by atoms with Crippen molar-refractivity contribution in [3.8, 4) is 5.75 Å². The molecule has 2 aliphatic rings. The first-order valence-electron chi connectivity index (χ1n) is 7.41. The third kappa shape index (κ3) is 1.56. The molecule has 0 saturated heterocycles. The predicted molar refractivity (Wildman–Crippen MR) is 84.1 cm³/mol. The molecule has 4 rings (SSSR count). The number of amides is 1. The van der Waals surface area contributed by atoms with Gasteiger partial charge in [0.1, 0.15) is 5.75 Å². The van der Waals surface area contributed by atoms with Crippen LogP contribution in [0, 0.1) is 12.3 Å². The van der Waals surface area contributed by atoms with Gasteiger partial charge in [-0.05, 0) is 44.4 Å². The number of methoxy groups -OCH3 is 1. The number of aromatic nitrogens is 1. The van der Waals surface area contributed by atoms with Crippen molar-refractivity contribution in [1.82, 2.24) is 10.4 Å². The molecular weight excluding hydrogens is 278 g/mol. The van der Waals surface area contributed by atoms with Crippen LogP contribution >= 0.6 is 0 Å². The number of fused-ring (bicyclic) bond motifs is 5. The third-order valence-corrected chi connectivity index (χ3v) is 4.89. The zero-order chi connectivity index (χ0) is 15.5. The first kappa shape index (κ1) is 13.2. The van der Waals surface area contributed by atoms with Gasteiger partial charge in [0, 0.05) is 22.7 Å². The Hall–Kier alpha value is -2.43. The van der Waals surface area contributed by atoms with Gasteiger partial charge in [0.25, 0.3) is 5.91 Å². The zero-order valence-electron chi connectivity index (χ0n) is 12.9. The van der Waals surface area contributed by atoms with Crippen LogP contribution in [-0.4, -0.2) is 23.7 Å². The molecule has 1 aromatic carbocycles. The fourth-order valence-electron chi connectivity index (χ4n) is 3.55. The highest BCUT2D eigenvalue weighted by Crippen LogP contribution is 2.41. The quantitative estimate of drug-likeness (QED) is 0.878. The third-order valence-electron chi connectivity index (χ3n) is 4.89. The smallest absolute Gasteiger partial charge is 0.252 e. The van der Waals surface area contributed by atoms with Crippen LogP contribution in [0.5, 0.6) is 5.75 Å². The lowest BCUT2D eigenvalue weighted by Crippen LogP contribution is -2.39. The molecule has 2 heterocycles. The van der Waals surface area contributed by atoms with Gasteiger partial charge in [-0.2, -0.15) is 5.10 Å². The van der Waals surface area contributed by atoms with Crippen molar-refractivity contribution in [1.29, 1.82) is 0 Å². The fourth-order valence-corrected chi connectivity index (χ4v) is 3.55. The summed E-state index contributed by atoms with van der Waals surface area (Å²) in [4.78, 5) is 16.9. The highest BCUT2D eigenvalue weighted by molar-refractivity contribution is 6.22. The van der Waals surface area contributed by atoms with Gasteiger partial charge in [-0.1, -0.05) is 0 Å². The molecule has 1 aliphatic heterocycles. The van der Waals surface area contributed by atoms with E-state index in [1.54, 1.807) is 7.11 Å². The summed E-state index contributed by atoms with van der Waals surface area (Å²) in [7, 11) is 1.66. The maximum absolute atomic E-state index is 12.1. The SMILES string of the molecule is COc1ccc2c3c(c(C)nc2c1)C1=NNC(=O)C1(C)CC3. The molecule has 1 atom stereocenters. The lowest BCUT2D eigenvalue weighted by atomic mass is 9.70. The topological polar surface area (TPSA) is 63.6 Å². The lowest BCUT2D eigenvalue weighted by molar-refractivity contribution is -0.125. The van der Waals surface area contributed by atoms with Crippen molar-refractivity contribution in [2.75, 3.05) is 7.11 Å². The van der Waals surface area contributed by atoms with E-state index in [9.17, 15) is 4.79 Å². The van der Waals surface area contributed by atoms with Gasteiger partial charge in [0.2, 0.25) is 0 Å². The van der Waals surface area contributed by atoms with Crippen LogP contribution in [0.3, 0.4) is 0 Å². The maximum Gasteiger partial charge on any atom is 0.252 e. The summed E-state index contributed by atoms with van der Waals surface area (Å²) >= 11 is 0. The minimum absolute atomic E-state index is 0.0117. The summed E-state index contributed by atoms with van der Waals surface area (Å²) in [5.41, 5.74) is 7.05. The van der Waals surface area contributed by atoms with E-state index in [0.29, 0.717) is 0 Å². The minimum atomic E-state index is -0.528. The first-order valence-corrected chi connectivity index (χ1v) is 7.41. The van der Waals surface area contributed by atoms with Crippen molar-refractivity contribution < 1.29 is 9.53 Å². The number of hydrazone groups is 1. The Labute approximate surface area is 128 Å². The van der Waals surface area contributed by atoms with E-state index in [1.807, 2.05) is 32.0 Å². The summed E-state index contributed by atoms with van der Waals surface area (Å²) in [5.74, 6) is 0.789. The molecule has 1 aromatic heterocycles. The molecule has 1 unspecified atom stereocenters. The Morgan fingerprint density at radius 1 is 1.36 bits per heavy atom. The van der Waals surface area contributed by atoms with Gasteiger partial charge in [0.05, 0.1) is 23.8 Å². The number of hydrogen-bond donors (Lipinski definition) is 1. The van der Waals surface area contributed by atoms with Crippen LogP contribution in [0.15, 0.2) is 23.3 Å². The molecule has 0 fully saturated rings. The van der Waals surface area contributed by atoms with Crippen molar-refractivity contribution in [3.05, 3.63) is 35.0 Å². The molecule has 0 saturated carbocycles. The Kier molecular flexibility index (Phi) is 2.58. The Bertz CT molecular complexity index is 857. The van der Waals surface area contributed by atoms with E-state index in [-0.39, 0.29) is 5.91 Å². The highest BCUT2D eigenvalue weighted by atomic mass is 16.5. The average Bonchev–Trinajstić information content (AvgIpc) is 2.82. The van der Waals surface area contributed by atoms with E-state index >= 15 is 0 Å². The van der Waals surface area contributed by atoms with Gasteiger partial charge in [-0.3, -0.25) is 9.78 Å². The fraction of sp³-hybridized carbons (Fsp3) is 0.353. The molecule has 0 bridgehead atoms. The standard InChI is InChI=1S/C17H17N3O2/c1-9-14-12(6-7-17(2)15(14)19-20-16(17)21)11-5-4-10(22-3)8-13(11)18-9/h4-5,8H,6-7H2,1-3H3,(H,20,21). The number of aryl methyl sites for hydroxylation is 2. The summed E-state index contributed by atoms with van der Waals surface area (Å²) in [6.07, 6.45) is 1.62. The number of nitrogens with one attached hydrogen (secondary N) is 1. The number of benzene rings is 1. The molecule has 1 amide bonds. The predicted octanol–water partition coefficient (Wildman–Crippen LogP) is 2.34. The summed E-state index contributed by atoms with van der Waals surface area (Å²) < 4.78 is 5.29. The van der Waals surface area contributed by atoms with E-state index < -0.39 is 5.41 Å². The molecule has 1 aliphatic carbocycles. The average molecular weight is 295 g/mol. The van der Waals surface area contributed by atoms with Crippen LogP contribution < -0.4 is 10.2 Å². The zero-order valence-corrected chi connectivity index (χ0v) is 12.9. The first-order chi connectivity index (χ1) is 10.5. The van der Waals surface area contributed by atoms with Crippen molar-refractivity contribution in [3.63, 3.8) is 0 Å². The lowest BCUT2D eigenvalue weighted by Gasteiger charge is -2.31. The Balaban J connectivity index is 2.01. The molecule has 1 N–H and O–H groups in total. The van der Waals surface area contributed by atoms with Crippen LogP contribution in [-0.2, 0) is 11.2 Å².